The quantitative estimate of drug-likeness (QED) is 0.568. The van der Waals surface area contributed by atoms with Crippen LogP contribution >= 0.6 is 0 Å². The summed E-state index contributed by atoms with van der Waals surface area (Å²) in [6.45, 7) is 3.35. The molecule has 0 aliphatic carbocycles. The molecular formula is C16H22N6O. The van der Waals surface area contributed by atoms with Gasteiger partial charge in [0.2, 0.25) is 0 Å². The maximum absolute atomic E-state index is 12.6. The first-order valence-electron chi connectivity index (χ1n) is 7.66. The normalized spacial score (nSPS) is 16.8. The van der Waals surface area contributed by atoms with Crippen molar-refractivity contribution in [3.05, 3.63) is 30.0 Å². The molecule has 1 fully saturated rings. The van der Waals surface area contributed by atoms with E-state index in [0.717, 1.165) is 42.8 Å². The van der Waals surface area contributed by atoms with Crippen LogP contribution < -0.4 is 11.1 Å². The van der Waals surface area contributed by atoms with Crippen molar-refractivity contribution >= 4 is 28.5 Å². The Balaban J connectivity index is 1.81. The molecule has 1 aromatic heterocycles. The number of carbonyl (C=O) groups is 1. The van der Waals surface area contributed by atoms with Crippen molar-refractivity contribution in [2.75, 3.05) is 45.6 Å². The van der Waals surface area contributed by atoms with E-state index >= 15 is 0 Å². The highest BCUT2D eigenvalue weighted by molar-refractivity contribution is 6.00. The Bertz CT molecular complexity index is 742. The smallest absolute Gasteiger partial charge is 0.270 e. The Morgan fingerprint density at radius 3 is 2.70 bits per heavy atom. The molecule has 1 saturated heterocycles. The second kappa shape index (κ2) is 6.29. The van der Waals surface area contributed by atoms with Crippen molar-refractivity contribution in [1.29, 1.82) is 0 Å². The van der Waals surface area contributed by atoms with Crippen LogP contribution in [0, 0.1) is 0 Å². The van der Waals surface area contributed by atoms with Crippen molar-refractivity contribution in [2.45, 2.75) is 0 Å². The highest BCUT2D eigenvalue weighted by Gasteiger charge is 2.21. The summed E-state index contributed by atoms with van der Waals surface area (Å²) in [5.41, 5.74) is 8.08. The SMILES string of the molecule is CN=C(N)Nc1ccc2[nH]c(C(=O)N3CCN(C)CC3)cc2c1. The highest BCUT2D eigenvalue weighted by Crippen LogP contribution is 2.21. The first kappa shape index (κ1) is 15.4. The van der Waals surface area contributed by atoms with Gasteiger partial charge in [0.15, 0.2) is 5.96 Å². The molecule has 0 unspecified atom stereocenters. The lowest BCUT2D eigenvalue weighted by Crippen LogP contribution is -2.47. The second-order valence-electron chi connectivity index (χ2n) is 5.81. The number of carbonyl (C=O) groups excluding carboxylic acids is 1. The molecule has 0 spiro atoms. The maximum Gasteiger partial charge on any atom is 0.270 e. The number of piperazine rings is 1. The van der Waals surface area contributed by atoms with Crippen molar-refractivity contribution in [3.63, 3.8) is 0 Å². The monoisotopic (exact) mass is 314 g/mol. The first-order chi connectivity index (χ1) is 11.1. The second-order valence-corrected chi connectivity index (χ2v) is 5.81. The Morgan fingerprint density at radius 1 is 1.26 bits per heavy atom. The van der Waals surface area contributed by atoms with E-state index in [9.17, 15) is 4.79 Å². The van der Waals surface area contributed by atoms with E-state index in [1.807, 2.05) is 29.2 Å². The third-order valence-corrected chi connectivity index (χ3v) is 4.15. The molecule has 0 saturated carbocycles. The van der Waals surface area contributed by atoms with Gasteiger partial charge in [0.05, 0.1) is 0 Å². The minimum atomic E-state index is 0.0541. The van der Waals surface area contributed by atoms with Gasteiger partial charge in [-0.25, -0.2) is 0 Å². The van der Waals surface area contributed by atoms with Gasteiger partial charge in [-0.05, 0) is 31.3 Å². The largest absolute Gasteiger partial charge is 0.370 e. The number of hydrogen-bond acceptors (Lipinski definition) is 3. The summed E-state index contributed by atoms with van der Waals surface area (Å²) in [5.74, 6) is 0.409. The van der Waals surface area contributed by atoms with E-state index in [1.54, 1.807) is 7.05 Å². The van der Waals surface area contributed by atoms with Crippen LogP contribution in [0.25, 0.3) is 10.9 Å². The third-order valence-electron chi connectivity index (χ3n) is 4.15. The van der Waals surface area contributed by atoms with Gasteiger partial charge in [-0.15, -0.1) is 0 Å². The number of aromatic nitrogens is 1. The minimum absolute atomic E-state index is 0.0541. The Hall–Kier alpha value is -2.54. The summed E-state index contributed by atoms with van der Waals surface area (Å²) in [4.78, 5) is 23.8. The van der Waals surface area contributed by atoms with Gasteiger partial charge in [0.1, 0.15) is 5.69 Å². The lowest BCUT2D eigenvalue weighted by Gasteiger charge is -2.32. The van der Waals surface area contributed by atoms with Crippen molar-refractivity contribution in [3.8, 4) is 0 Å². The number of nitrogens with two attached hydrogens (primary N) is 1. The van der Waals surface area contributed by atoms with E-state index in [-0.39, 0.29) is 5.91 Å². The van der Waals surface area contributed by atoms with Gasteiger partial charge in [-0.1, -0.05) is 0 Å². The predicted octanol–water partition coefficient (Wildman–Crippen LogP) is 0.912. The topological polar surface area (TPSA) is 89.7 Å². The van der Waals surface area contributed by atoms with Crippen LogP contribution in [0.2, 0.25) is 0 Å². The predicted molar refractivity (Wildman–Crippen MR) is 92.9 cm³/mol. The number of H-pyrrole nitrogens is 1. The molecule has 7 nitrogen and oxygen atoms in total. The molecular weight excluding hydrogens is 292 g/mol. The molecule has 4 N–H and O–H groups in total. The Labute approximate surface area is 135 Å². The zero-order valence-electron chi connectivity index (χ0n) is 13.5. The Morgan fingerprint density at radius 2 is 2.00 bits per heavy atom. The molecule has 2 aromatic rings. The van der Waals surface area contributed by atoms with Gasteiger partial charge < -0.3 is 25.8 Å². The number of likely N-dealkylation sites (N-methyl/N-ethyl adjacent to an activating group) is 1. The van der Waals surface area contributed by atoms with Crippen LogP contribution in [0.4, 0.5) is 5.69 Å². The van der Waals surface area contributed by atoms with Crippen LogP contribution in [0.5, 0.6) is 0 Å². The number of amides is 1. The van der Waals surface area contributed by atoms with Gasteiger partial charge in [0, 0.05) is 49.8 Å². The molecule has 3 rings (SSSR count). The third kappa shape index (κ3) is 3.29. The Kier molecular flexibility index (Phi) is 4.20. The van der Waals surface area contributed by atoms with Gasteiger partial charge in [-0.3, -0.25) is 9.79 Å². The number of nitrogens with one attached hydrogen (secondary N) is 2. The van der Waals surface area contributed by atoms with Gasteiger partial charge in [-0.2, -0.15) is 0 Å². The standard InChI is InChI=1S/C16H22N6O/c1-18-16(17)19-12-3-4-13-11(9-12)10-14(20-13)15(23)22-7-5-21(2)6-8-22/h3-4,9-10,20H,5-8H2,1-2H3,(H3,17,18,19). The molecule has 2 heterocycles. The number of nitrogens with zero attached hydrogens (tertiary/aromatic N) is 3. The van der Waals surface area contributed by atoms with Crippen molar-refractivity contribution in [2.24, 2.45) is 10.7 Å². The summed E-state index contributed by atoms with van der Waals surface area (Å²) < 4.78 is 0. The number of aromatic amines is 1. The zero-order chi connectivity index (χ0) is 16.4. The summed E-state index contributed by atoms with van der Waals surface area (Å²) in [7, 11) is 3.70. The zero-order valence-corrected chi connectivity index (χ0v) is 13.5. The van der Waals surface area contributed by atoms with E-state index in [0.29, 0.717) is 11.7 Å². The van der Waals surface area contributed by atoms with Crippen LogP contribution in [0.3, 0.4) is 0 Å². The van der Waals surface area contributed by atoms with Crippen molar-refractivity contribution < 1.29 is 4.79 Å². The molecule has 1 aliphatic rings. The van der Waals surface area contributed by atoms with Crippen molar-refractivity contribution in [1.82, 2.24) is 14.8 Å². The summed E-state index contributed by atoms with van der Waals surface area (Å²) in [6, 6.07) is 7.67. The molecule has 1 aromatic carbocycles. The summed E-state index contributed by atoms with van der Waals surface area (Å²) in [6.07, 6.45) is 0. The van der Waals surface area contributed by atoms with E-state index in [1.165, 1.54) is 0 Å². The number of rotatable bonds is 2. The van der Waals surface area contributed by atoms with Crippen LogP contribution in [-0.2, 0) is 0 Å². The fourth-order valence-electron chi connectivity index (χ4n) is 2.71. The molecule has 0 bridgehead atoms. The molecule has 1 aliphatic heterocycles. The van der Waals surface area contributed by atoms with Gasteiger partial charge in [0.25, 0.3) is 5.91 Å². The lowest BCUT2D eigenvalue weighted by molar-refractivity contribution is 0.0659. The molecule has 0 radical (unpaired) electrons. The van der Waals surface area contributed by atoms with Crippen LogP contribution in [-0.4, -0.2) is 66.9 Å². The highest BCUT2D eigenvalue weighted by atomic mass is 16.2. The average Bonchev–Trinajstić information content (AvgIpc) is 2.98. The fraction of sp³-hybridized carbons (Fsp3) is 0.375. The maximum atomic E-state index is 12.6. The van der Waals surface area contributed by atoms with E-state index < -0.39 is 0 Å². The fourth-order valence-corrected chi connectivity index (χ4v) is 2.71. The molecule has 0 atom stereocenters. The molecule has 1 amide bonds. The lowest BCUT2D eigenvalue weighted by atomic mass is 10.2. The number of anilines is 1. The summed E-state index contributed by atoms with van der Waals surface area (Å²) in [5, 5.41) is 3.97. The van der Waals surface area contributed by atoms with E-state index in [4.69, 9.17) is 5.73 Å². The number of fused-ring (bicyclic) bond motifs is 1. The number of aliphatic imine (C=N–C) groups is 1. The molecule has 23 heavy (non-hydrogen) atoms. The van der Waals surface area contributed by atoms with Crippen LogP contribution in [0.15, 0.2) is 29.3 Å². The first-order valence-corrected chi connectivity index (χ1v) is 7.66. The average molecular weight is 314 g/mol. The molecule has 7 heteroatoms. The molecule has 122 valence electrons. The summed E-state index contributed by atoms with van der Waals surface area (Å²) >= 11 is 0. The minimum Gasteiger partial charge on any atom is -0.370 e. The number of hydrogen-bond donors (Lipinski definition) is 3. The number of benzene rings is 1. The van der Waals surface area contributed by atoms with Gasteiger partial charge >= 0.3 is 0 Å². The van der Waals surface area contributed by atoms with Crippen LogP contribution in [0.1, 0.15) is 10.5 Å². The number of guanidine groups is 1. The van der Waals surface area contributed by atoms with E-state index in [2.05, 4.69) is 27.2 Å².